The molecule has 0 saturated carbocycles. The number of nitrogens with one attached hydrogen (secondary N) is 1. The number of hydrogen-bond acceptors (Lipinski definition) is 4. The minimum Gasteiger partial charge on any atom is -0.369 e. The summed E-state index contributed by atoms with van der Waals surface area (Å²) in [4.78, 5) is 15.6. The molecule has 2 saturated heterocycles. The van der Waals surface area contributed by atoms with Crippen LogP contribution in [0.2, 0.25) is 0 Å². The van der Waals surface area contributed by atoms with E-state index < -0.39 is 11.7 Å². The highest BCUT2D eigenvalue weighted by molar-refractivity contribution is 5.77. The maximum atomic E-state index is 12.6. The summed E-state index contributed by atoms with van der Waals surface area (Å²) < 4.78 is 37.9. The van der Waals surface area contributed by atoms with Gasteiger partial charge in [0.2, 0.25) is 5.91 Å². The van der Waals surface area contributed by atoms with Gasteiger partial charge in [-0.05, 0) is 37.2 Å². The number of piperazine rings is 1. The van der Waals surface area contributed by atoms with Gasteiger partial charge in [0.15, 0.2) is 0 Å². The molecule has 0 aliphatic carbocycles. The quantitative estimate of drug-likeness (QED) is 0.875. The van der Waals surface area contributed by atoms with Crippen LogP contribution in [-0.4, -0.2) is 61.6 Å². The van der Waals surface area contributed by atoms with Crippen LogP contribution < -0.4 is 10.3 Å². The first-order valence-corrected chi connectivity index (χ1v) is 8.61. The second-order valence-corrected chi connectivity index (χ2v) is 6.50. The lowest BCUT2D eigenvalue weighted by atomic mass is 10.1. The third-order valence-electron chi connectivity index (χ3n) is 4.73. The SMILES string of the molecule is O=C1CCN(CCCN2CCN(c3ccc(C(F)(F)F)cc3)CC2)N1. The average Bonchev–Trinajstić information content (AvgIpc) is 3.00. The fourth-order valence-corrected chi connectivity index (χ4v) is 3.27. The third-order valence-corrected chi connectivity index (χ3v) is 4.73. The van der Waals surface area contributed by atoms with E-state index >= 15 is 0 Å². The summed E-state index contributed by atoms with van der Waals surface area (Å²) in [6, 6.07) is 5.39. The van der Waals surface area contributed by atoms with E-state index in [0.29, 0.717) is 6.42 Å². The molecule has 0 bridgehead atoms. The van der Waals surface area contributed by atoms with Crippen molar-refractivity contribution >= 4 is 11.6 Å². The zero-order valence-electron chi connectivity index (χ0n) is 14.1. The predicted octanol–water partition coefficient (Wildman–Crippen LogP) is 1.95. The number of halogens is 3. The molecule has 2 aliphatic heterocycles. The molecule has 0 aromatic heterocycles. The molecule has 1 N–H and O–H groups in total. The summed E-state index contributed by atoms with van der Waals surface area (Å²) in [5, 5.41) is 1.96. The largest absolute Gasteiger partial charge is 0.416 e. The summed E-state index contributed by atoms with van der Waals surface area (Å²) in [5.41, 5.74) is 3.06. The van der Waals surface area contributed by atoms with Crippen molar-refractivity contribution in [2.24, 2.45) is 0 Å². The number of benzene rings is 1. The normalized spacial score (nSPS) is 20.1. The Balaban J connectivity index is 1.40. The lowest BCUT2D eigenvalue weighted by Gasteiger charge is -2.36. The van der Waals surface area contributed by atoms with Crippen molar-refractivity contribution in [3.05, 3.63) is 29.8 Å². The Hall–Kier alpha value is -1.80. The van der Waals surface area contributed by atoms with Gasteiger partial charge in [0.05, 0.1) is 5.56 Å². The second-order valence-electron chi connectivity index (χ2n) is 6.50. The van der Waals surface area contributed by atoms with Gasteiger partial charge in [0.1, 0.15) is 0 Å². The molecule has 0 radical (unpaired) electrons. The molecule has 2 heterocycles. The zero-order valence-corrected chi connectivity index (χ0v) is 14.1. The molecule has 3 rings (SSSR count). The Morgan fingerprint density at radius 2 is 1.64 bits per heavy atom. The summed E-state index contributed by atoms with van der Waals surface area (Å²) in [6.45, 7) is 6.01. The van der Waals surface area contributed by atoms with Crippen LogP contribution in [0.5, 0.6) is 0 Å². The highest BCUT2D eigenvalue weighted by atomic mass is 19.4. The zero-order chi connectivity index (χ0) is 17.9. The topological polar surface area (TPSA) is 38.8 Å². The number of alkyl halides is 3. The number of rotatable bonds is 5. The number of amides is 1. The monoisotopic (exact) mass is 356 g/mol. The minimum absolute atomic E-state index is 0.0881. The molecule has 1 aromatic rings. The number of nitrogens with zero attached hydrogens (tertiary/aromatic N) is 3. The number of hydrazine groups is 1. The Labute approximate surface area is 145 Å². The van der Waals surface area contributed by atoms with E-state index in [1.54, 1.807) is 12.1 Å². The summed E-state index contributed by atoms with van der Waals surface area (Å²) >= 11 is 0. The fourth-order valence-electron chi connectivity index (χ4n) is 3.27. The molecular weight excluding hydrogens is 333 g/mol. The molecule has 0 unspecified atom stereocenters. The van der Waals surface area contributed by atoms with Crippen molar-refractivity contribution in [1.29, 1.82) is 0 Å². The minimum atomic E-state index is -4.29. The molecule has 5 nitrogen and oxygen atoms in total. The van der Waals surface area contributed by atoms with Gasteiger partial charge in [-0.2, -0.15) is 13.2 Å². The predicted molar refractivity (Wildman–Crippen MR) is 89.0 cm³/mol. The Bertz CT molecular complexity index is 583. The van der Waals surface area contributed by atoms with E-state index in [-0.39, 0.29) is 5.91 Å². The Morgan fingerprint density at radius 1 is 0.960 bits per heavy atom. The lowest BCUT2D eigenvalue weighted by molar-refractivity contribution is -0.137. The Morgan fingerprint density at radius 3 is 2.20 bits per heavy atom. The first-order valence-electron chi connectivity index (χ1n) is 8.61. The standard InChI is InChI=1S/C17H23F3N4O/c18-17(19,20)14-2-4-15(5-3-14)23-12-10-22(11-13-23)7-1-8-24-9-6-16(25)21-24/h2-5H,1,6-13H2,(H,21,25). The first kappa shape index (κ1) is 18.0. The molecule has 0 atom stereocenters. The number of hydrogen-bond donors (Lipinski definition) is 1. The molecule has 8 heteroatoms. The number of anilines is 1. The third kappa shape index (κ3) is 4.85. The maximum absolute atomic E-state index is 12.6. The van der Waals surface area contributed by atoms with Crippen molar-refractivity contribution in [2.45, 2.75) is 19.0 Å². The van der Waals surface area contributed by atoms with Crippen LogP contribution in [0.25, 0.3) is 0 Å². The number of carbonyl (C=O) groups excluding carboxylic acids is 1. The highest BCUT2D eigenvalue weighted by Gasteiger charge is 2.30. The average molecular weight is 356 g/mol. The van der Waals surface area contributed by atoms with Gasteiger partial charge in [-0.3, -0.25) is 15.1 Å². The summed E-state index contributed by atoms with van der Waals surface area (Å²) in [7, 11) is 0. The highest BCUT2D eigenvalue weighted by Crippen LogP contribution is 2.30. The van der Waals surface area contributed by atoms with E-state index in [4.69, 9.17) is 0 Å². The van der Waals surface area contributed by atoms with Crippen molar-refractivity contribution in [3.8, 4) is 0 Å². The molecule has 2 fully saturated rings. The molecule has 25 heavy (non-hydrogen) atoms. The van der Waals surface area contributed by atoms with Crippen LogP contribution in [0.4, 0.5) is 18.9 Å². The van der Waals surface area contributed by atoms with Crippen LogP contribution in [0.3, 0.4) is 0 Å². The van der Waals surface area contributed by atoms with E-state index in [2.05, 4.69) is 15.2 Å². The smallest absolute Gasteiger partial charge is 0.369 e. The van der Waals surface area contributed by atoms with Crippen LogP contribution in [0.15, 0.2) is 24.3 Å². The molecule has 2 aliphatic rings. The van der Waals surface area contributed by atoms with Gasteiger partial charge >= 0.3 is 6.18 Å². The van der Waals surface area contributed by atoms with Gasteiger partial charge < -0.3 is 4.90 Å². The lowest BCUT2D eigenvalue weighted by Crippen LogP contribution is -2.47. The fraction of sp³-hybridized carbons (Fsp3) is 0.588. The van der Waals surface area contributed by atoms with Crippen LogP contribution in [0.1, 0.15) is 18.4 Å². The number of carbonyl (C=O) groups is 1. The van der Waals surface area contributed by atoms with Crippen molar-refractivity contribution in [1.82, 2.24) is 15.3 Å². The van der Waals surface area contributed by atoms with Gasteiger partial charge in [-0.25, -0.2) is 5.01 Å². The van der Waals surface area contributed by atoms with Crippen molar-refractivity contribution in [3.63, 3.8) is 0 Å². The van der Waals surface area contributed by atoms with E-state index in [0.717, 1.165) is 70.1 Å². The second kappa shape index (κ2) is 7.61. The summed E-state index contributed by atoms with van der Waals surface area (Å²) in [5.74, 6) is 0.0881. The molecule has 0 spiro atoms. The molecule has 1 aromatic carbocycles. The molecular formula is C17H23F3N4O. The van der Waals surface area contributed by atoms with Crippen LogP contribution >= 0.6 is 0 Å². The van der Waals surface area contributed by atoms with Gasteiger partial charge in [-0.15, -0.1) is 0 Å². The van der Waals surface area contributed by atoms with E-state index in [1.165, 1.54) is 0 Å². The van der Waals surface area contributed by atoms with Gasteiger partial charge in [-0.1, -0.05) is 0 Å². The maximum Gasteiger partial charge on any atom is 0.416 e. The van der Waals surface area contributed by atoms with Crippen LogP contribution in [0, 0.1) is 0 Å². The first-order chi connectivity index (χ1) is 11.9. The van der Waals surface area contributed by atoms with Gasteiger partial charge in [0.25, 0.3) is 0 Å². The van der Waals surface area contributed by atoms with Gasteiger partial charge in [0, 0.05) is 51.4 Å². The van der Waals surface area contributed by atoms with E-state index in [9.17, 15) is 18.0 Å². The van der Waals surface area contributed by atoms with Crippen molar-refractivity contribution in [2.75, 3.05) is 50.7 Å². The summed E-state index contributed by atoms with van der Waals surface area (Å²) in [6.07, 6.45) is -2.72. The van der Waals surface area contributed by atoms with E-state index in [1.807, 2.05) is 5.01 Å². The molecule has 1 amide bonds. The Kier molecular flexibility index (Phi) is 5.48. The van der Waals surface area contributed by atoms with Crippen molar-refractivity contribution < 1.29 is 18.0 Å². The van der Waals surface area contributed by atoms with Crippen LogP contribution in [-0.2, 0) is 11.0 Å². The molecule has 138 valence electrons.